The van der Waals surface area contributed by atoms with Crippen LogP contribution in [-0.4, -0.2) is 26.2 Å². The molecule has 0 radical (unpaired) electrons. The van der Waals surface area contributed by atoms with Crippen LogP contribution >= 0.6 is 0 Å². The van der Waals surface area contributed by atoms with Gasteiger partial charge in [0.1, 0.15) is 6.61 Å². The second-order valence-electron chi connectivity index (χ2n) is 6.29. The van der Waals surface area contributed by atoms with Crippen molar-refractivity contribution in [3.05, 3.63) is 89.7 Å². The van der Waals surface area contributed by atoms with Crippen LogP contribution < -0.4 is 0 Å². The number of aromatic nitrogens is 4. The SMILES string of the molecule is Cc1nnnn1/C(=C/c1ccccc1)C(=O)OCc1cccc2ccccc12. The highest BCUT2D eigenvalue weighted by atomic mass is 16.5. The molecule has 6 nitrogen and oxygen atoms in total. The molecule has 3 aromatic carbocycles. The Bertz CT molecular complexity index is 1140. The topological polar surface area (TPSA) is 69.9 Å². The third kappa shape index (κ3) is 3.66. The van der Waals surface area contributed by atoms with Gasteiger partial charge in [0.05, 0.1) is 0 Å². The lowest BCUT2D eigenvalue weighted by Crippen LogP contribution is -2.15. The Morgan fingerprint density at radius 2 is 1.75 bits per heavy atom. The molecule has 0 aliphatic rings. The van der Waals surface area contributed by atoms with Gasteiger partial charge in [-0.3, -0.25) is 0 Å². The first-order valence-corrected chi connectivity index (χ1v) is 8.88. The van der Waals surface area contributed by atoms with E-state index in [4.69, 9.17) is 4.74 Å². The number of ether oxygens (including phenoxy) is 1. The van der Waals surface area contributed by atoms with E-state index in [-0.39, 0.29) is 12.3 Å². The van der Waals surface area contributed by atoms with E-state index in [0.717, 1.165) is 21.9 Å². The molecule has 0 spiro atoms. The second-order valence-corrected chi connectivity index (χ2v) is 6.29. The number of rotatable bonds is 5. The van der Waals surface area contributed by atoms with E-state index in [0.29, 0.717) is 5.82 Å². The number of esters is 1. The zero-order valence-corrected chi connectivity index (χ0v) is 15.3. The van der Waals surface area contributed by atoms with E-state index in [1.165, 1.54) is 4.68 Å². The summed E-state index contributed by atoms with van der Waals surface area (Å²) in [5.74, 6) is 0.0106. The van der Waals surface area contributed by atoms with E-state index in [2.05, 4.69) is 15.5 Å². The summed E-state index contributed by atoms with van der Waals surface area (Å²) in [5, 5.41) is 13.6. The predicted octanol–water partition coefficient (Wildman–Crippen LogP) is 3.88. The lowest BCUT2D eigenvalue weighted by Gasteiger charge is -2.11. The lowest BCUT2D eigenvalue weighted by molar-refractivity contribution is -0.138. The van der Waals surface area contributed by atoms with Crippen molar-refractivity contribution in [2.75, 3.05) is 0 Å². The van der Waals surface area contributed by atoms with Gasteiger partial charge in [0.15, 0.2) is 11.5 Å². The molecule has 4 rings (SSSR count). The normalized spacial score (nSPS) is 11.5. The molecule has 0 saturated heterocycles. The van der Waals surface area contributed by atoms with Crippen molar-refractivity contribution >= 4 is 28.5 Å². The third-order valence-electron chi connectivity index (χ3n) is 4.40. The monoisotopic (exact) mass is 370 g/mol. The minimum absolute atomic E-state index is 0.160. The van der Waals surface area contributed by atoms with Gasteiger partial charge < -0.3 is 4.74 Å². The summed E-state index contributed by atoms with van der Waals surface area (Å²) in [6.45, 7) is 1.89. The van der Waals surface area contributed by atoms with Crippen molar-refractivity contribution in [2.45, 2.75) is 13.5 Å². The van der Waals surface area contributed by atoms with Crippen LogP contribution in [0.5, 0.6) is 0 Å². The molecule has 0 saturated carbocycles. The highest BCUT2D eigenvalue weighted by molar-refractivity contribution is 6.15. The molecule has 28 heavy (non-hydrogen) atoms. The van der Waals surface area contributed by atoms with Crippen molar-refractivity contribution in [2.24, 2.45) is 0 Å². The Balaban J connectivity index is 1.63. The maximum Gasteiger partial charge on any atom is 0.357 e. The van der Waals surface area contributed by atoms with Crippen LogP contribution in [0.4, 0.5) is 0 Å². The fraction of sp³-hybridized carbons (Fsp3) is 0.0909. The molecule has 0 unspecified atom stereocenters. The molecule has 138 valence electrons. The molecule has 0 bridgehead atoms. The van der Waals surface area contributed by atoms with E-state index >= 15 is 0 Å². The molecule has 6 heteroatoms. The molecule has 4 aromatic rings. The standard InChI is InChI=1S/C22H18N4O2/c1-16-23-24-25-26(16)21(14-17-8-3-2-4-9-17)22(27)28-15-19-12-7-11-18-10-5-6-13-20(18)19/h2-14H,15H2,1H3/b21-14+. The van der Waals surface area contributed by atoms with Crippen LogP contribution in [0.2, 0.25) is 0 Å². The van der Waals surface area contributed by atoms with E-state index in [9.17, 15) is 4.79 Å². The van der Waals surface area contributed by atoms with Crippen molar-refractivity contribution in [1.82, 2.24) is 20.2 Å². The Morgan fingerprint density at radius 1 is 1.00 bits per heavy atom. The maximum absolute atomic E-state index is 12.9. The first-order chi connectivity index (χ1) is 13.7. The van der Waals surface area contributed by atoms with Crippen molar-refractivity contribution in [1.29, 1.82) is 0 Å². The maximum atomic E-state index is 12.9. The average molecular weight is 370 g/mol. The van der Waals surface area contributed by atoms with Gasteiger partial charge in [0, 0.05) is 0 Å². The summed E-state index contributed by atoms with van der Waals surface area (Å²) in [6.07, 6.45) is 1.72. The summed E-state index contributed by atoms with van der Waals surface area (Å²) in [7, 11) is 0. The Labute approximate surface area is 162 Å². The fourth-order valence-corrected chi connectivity index (χ4v) is 3.00. The number of tetrazole rings is 1. The number of benzene rings is 3. The zero-order chi connectivity index (χ0) is 19.3. The Kier molecular flexibility index (Phi) is 4.93. The van der Waals surface area contributed by atoms with Crippen LogP contribution in [0.25, 0.3) is 22.5 Å². The molecule has 0 aliphatic heterocycles. The molecular weight excluding hydrogens is 352 g/mol. The van der Waals surface area contributed by atoms with E-state index < -0.39 is 5.97 Å². The Hall–Kier alpha value is -3.80. The van der Waals surface area contributed by atoms with Crippen LogP contribution in [0.1, 0.15) is 17.0 Å². The number of fused-ring (bicyclic) bond motifs is 1. The summed E-state index contributed by atoms with van der Waals surface area (Å²) in [5.41, 5.74) is 2.06. The largest absolute Gasteiger partial charge is 0.456 e. The second kappa shape index (κ2) is 7.84. The highest BCUT2D eigenvalue weighted by Crippen LogP contribution is 2.20. The average Bonchev–Trinajstić information content (AvgIpc) is 3.16. The van der Waals surface area contributed by atoms with Gasteiger partial charge in [-0.05, 0) is 45.3 Å². The minimum atomic E-state index is -0.493. The van der Waals surface area contributed by atoms with Gasteiger partial charge in [-0.15, -0.1) is 5.10 Å². The number of hydrogen-bond donors (Lipinski definition) is 0. The summed E-state index contributed by atoms with van der Waals surface area (Å²) >= 11 is 0. The molecule has 1 heterocycles. The van der Waals surface area contributed by atoms with E-state index in [1.807, 2.05) is 72.8 Å². The lowest BCUT2D eigenvalue weighted by atomic mass is 10.1. The van der Waals surface area contributed by atoms with Gasteiger partial charge in [0.2, 0.25) is 0 Å². The van der Waals surface area contributed by atoms with Gasteiger partial charge >= 0.3 is 5.97 Å². The first kappa shape index (κ1) is 17.6. The molecule has 0 amide bonds. The summed E-state index contributed by atoms with van der Waals surface area (Å²) in [4.78, 5) is 12.9. The first-order valence-electron chi connectivity index (χ1n) is 8.88. The fourth-order valence-electron chi connectivity index (χ4n) is 3.00. The summed E-state index contributed by atoms with van der Waals surface area (Å²) < 4.78 is 7.01. The van der Waals surface area contributed by atoms with Gasteiger partial charge in [-0.25, -0.2) is 4.79 Å². The predicted molar refractivity (Wildman–Crippen MR) is 107 cm³/mol. The number of carbonyl (C=O) groups is 1. The molecule has 0 N–H and O–H groups in total. The quantitative estimate of drug-likeness (QED) is 0.394. The van der Waals surface area contributed by atoms with Crippen LogP contribution in [0.15, 0.2) is 72.8 Å². The smallest absolute Gasteiger partial charge is 0.357 e. The van der Waals surface area contributed by atoms with Gasteiger partial charge in [-0.1, -0.05) is 72.8 Å². The molecular formula is C22H18N4O2. The van der Waals surface area contributed by atoms with E-state index in [1.54, 1.807) is 13.0 Å². The molecule has 0 atom stereocenters. The number of aryl methyl sites for hydroxylation is 1. The molecule has 1 aromatic heterocycles. The Morgan fingerprint density at radius 3 is 2.54 bits per heavy atom. The van der Waals surface area contributed by atoms with Crippen LogP contribution in [-0.2, 0) is 16.1 Å². The molecule has 0 aliphatic carbocycles. The minimum Gasteiger partial charge on any atom is -0.456 e. The molecule has 0 fully saturated rings. The van der Waals surface area contributed by atoms with Gasteiger partial charge in [0.25, 0.3) is 0 Å². The van der Waals surface area contributed by atoms with Crippen LogP contribution in [0, 0.1) is 6.92 Å². The van der Waals surface area contributed by atoms with Gasteiger partial charge in [-0.2, -0.15) is 4.68 Å². The van der Waals surface area contributed by atoms with Crippen molar-refractivity contribution in [3.8, 4) is 0 Å². The number of carbonyl (C=O) groups excluding carboxylic acids is 1. The van der Waals surface area contributed by atoms with Crippen molar-refractivity contribution < 1.29 is 9.53 Å². The third-order valence-corrected chi connectivity index (χ3v) is 4.40. The van der Waals surface area contributed by atoms with Crippen LogP contribution in [0.3, 0.4) is 0 Å². The summed E-state index contributed by atoms with van der Waals surface area (Å²) in [6, 6.07) is 23.5. The van der Waals surface area contributed by atoms with Crippen molar-refractivity contribution in [3.63, 3.8) is 0 Å². The highest BCUT2D eigenvalue weighted by Gasteiger charge is 2.18. The number of nitrogens with zero attached hydrogens (tertiary/aromatic N) is 4. The number of hydrogen-bond acceptors (Lipinski definition) is 5. The zero-order valence-electron chi connectivity index (χ0n) is 15.3.